The Labute approximate surface area is 104 Å². The third kappa shape index (κ3) is 3.31. The molecule has 1 aromatic rings. The van der Waals surface area contributed by atoms with Crippen LogP contribution < -0.4 is 10.5 Å². The van der Waals surface area contributed by atoms with Crippen LogP contribution in [0.5, 0.6) is 5.75 Å². The number of rotatable bonds is 3. The van der Waals surface area contributed by atoms with Crippen molar-refractivity contribution in [2.45, 2.75) is 31.6 Å². The van der Waals surface area contributed by atoms with Crippen LogP contribution in [0.25, 0.3) is 0 Å². The van der Waals surface area contributed by atoms with E-state index in [0.29, 0.717) is 18.5 Å². The summed E-state index contributed by atoms with van der Waals surface area (Å²) in [6.07, 6.45) is 0.998. The lowest BCUT2D eigenvalue weighted by molar-refractivity contribution is -0.0585. The first-order chi connectivity index (χ1) is 8.46. The van der Waals surface area contributed by atoms with Gasteiger partial charge < -0.3 is 10.5 Å². The van der Waals surface area contributed by atoms with Gasteiger partial charge in [0.15, 0.2) is 0 Å². The van der Waals surface area contributed by atoms with E-state index in [4.69, 9.17) is 10.5 Å². The minimum absolute atomic E-state index is 0.0500. The first-order valence-electron chi connectivity index (χ1n) is 6.02. The number of nitrogens with two attached hydrogens (primary N) is 1. The summed E-state index contributed by atoms with van der Waals surface area (Å²) in [5.41, 5.74) is 5.94. The Hall–Kier alpha value is -1.39. The average Bonchev–Trinajstić information content (AvgIpc) is 2.29. The largest absolute Gasteiger partial charge is 0.491 e. The summed E-state index contributed by atoms with van der Waals surface area (Å²) in [5.74, 6) is -3.02. The summed E-state index contributed by atoms with van der Waals surface area (Å²) in [7, 11) is 0. The lowest BCUT2D eigenvalue weighted by atomic mass is 9.87. The van der Waals surface area contributed by atoms with Crippen molar-refractivity contribution in [2.24, 2.45) is 5.92 Å². The average molecular weight is 259 g/mol. The highest BCUT2D eigenvalue weighted by molar-refractivity contribution is 5.52. The van der Waals surface area contributed by atoms with Crippen molar-refractivity contribution in [2.75, 3.05) is 12.3 Å². The molecule has 0 aliphatic heterocycles. The van der Waals surface area contributed by atoms with Crippen molar-refractivity contribution in [1.29, 1.82) is 0 Å². The van der Waals surface area contributed by atoms with Crippen molar-refractivity contribution in [1.82, 2.24) is 0 Å². The minimum Gasteiger partial charge on any atom is -0.491 e. The predicted molar refractivity (Wildman–Crippen MR) is 63.2 cm³/mol. The molecule has 0 amide bonds. The van der Waals surface area contributed by atoms with Gasteiger partial charge in [0.05, 0.1) is 12.3 Å². The van der Waals surface area contributed by atoms with Crippen LogP contribution in [0.15, 0.2) is 18.2 Å². The second-order valence-electron chi connectivity index (χ2n) is 4.81. The van der Waals surface area contributed by atoms with E-state index in [-0.39, 0.29) is 31.1 Å². The van der Waals surface area contributed by atoms with Crippen LogP contribution in [0.2, 0.25) is 0 Å². The lowest BCUT2D eigenvalue weighted by Gasteiger charge is -2.28. The van der Waals surface area contributed by atoms with E-state index in [1.165, 1.54) is 18.2 Å². The van der Waals surface area contributed by atoms with Crippen LogP contribution in [0, 0.1) is 11.7 Å². The molecular formula is C13H16F3NO. The standard InChI is InChI=1S/C13H16F3NO/c14-10-3-4-11(17)12(6-10)18-8-9-2-1-5-13(15,16)7-9/h3-4,6,9H,1-2,5,7-8,17H2. The Kier molecular flexibility index (Phi) is 3.68. The molecule has 5 heteroatoms. The molecule has 2 N–H and O–H groups in total. The predicted octanol–water partition coefficient (Wildman–Crippen LogP) is 3.61. The molecule has 1 atom stereocenters. The van der Waals surface area contributed by atoms with Crippen LogP contribution in [-0.4, -0.2) is 12.5 Å². The molecule has 0 saturated heterocycles. The Morgan fingerprint density at radius 3 is 2.89 bits per heavy atom. The van der Waals surface area contributed by atoms with Crippen molar-refractivity contribution >= 4 is 5.69 Å². The number of alkyl halides is 2. The van der Waals surface area contributed by atoms with Crippen molar-refractivity contribution in [3.8, 4) is 5.75 Å². The van der Waals surface area contributed by atoms with Crippen LogP contribution in [0.4, 0.5) is 18.9 Å². The highest BCUT2D eigenvalue weighted by atomic mass is 19.3. The highest BCUT2D eigenvalue weighted by Gasteiger charge is 2.36. The number of hydrogen-bond donors (Lipinski definition) is 1. The number of anilines is 1. The molecule has 2 rings (SSSR count). The molecule has 0 spiro atoms. The zero-order chi connectivity index (χ0) is 13.2. The number of hydrogen-bond acceptors (Lipinski definition) is 2. The van der Waals surface area contributed by atoms with Crippen LogP contribution in [-0.2, 0) is 0 Å². The Bertz CT molecular complexity index is 423. The summed E-state index contributed by atoms with van der Waals surface area (Å²) in [6, 6.07) is 3.81. The number of halogens is 3. The van der Waals surface area contributed by atoms with Gasteiger partial charge in [0, 0.05) is 18.9 Å². The van der Waals surface area contributed by atoms with E-state index in [1.54, 1.807) is 0 Å². The lowest BCUT2D eigenvalue weighted by Crippen LogP contribution is -2.29. The fourth-order valence-electron chi connectivity index (χ4n) is 2.26. The minimum atomic E-state index is -2.60. The summed E-state index contributed by atoms with van der Waals surface area (Å²) in [4.78, 5) is 0. The molecule has 1 aliphatic carbocycles. The van der Waals surface area contributed by atoms with E-state index in [0.717, 1.165) is 0 Å². The Morgan fingerprint density at radius 2 is 2.17 bits per heavy atom. The van der Waals surface area contributed by atoms with Crippen LogP contribution in [0.1, 0.15) is 25.7 Å². The van der Waals surface area contributed by atoms with Gasteiger partial charge in [-0.05, 0) is 30.9 Å². The molecule has 0 radical (unpaired) electrons. The van der Waals surface area contributed by atoms with Crippen molar-refractivity contribution in [3.63, 3.8) is 0 Å². The Balaban J connectivity index is 1.93. The van der Waals surface area contributed by atoms with E-state index >= 15 is 0 Å². The van der Waals surface area contributed by atoms with Gasteiger partial charge in [0.1, 0.15) is 11.6 Å². The monoisotopic (exact) mass is 259 g/mol. The molecule has 1 unspecified atom stereocenters. The normalized spacial score (nSPS) is 22.7. The van der Waals surface area contributed by atoms with Gasteiger partial charge in [-0.15, -0.1) is 0 Å². The summed E-state index contributed by atoms with van der Waals surface area (Å²) >= 11 is 0. The second kappa shape index (κ2) is 5.08. The van der Waals surface area contributed by atoms with E-state index in [9.17, 15) is 13.2 Å². The maximum Gasteiger partial charge on any atom is 0.248 e. The van der Waals surface area contributed by atoms with Gasteiger partial charge >= 0.3 is 0 Å². The van der Waals surface area contributed by atoms with Crippen LogP contribution in [0.3, 0.4) is 0 Å². The topological polar surface area (TPSA) is 35.2 Å². The van der Waals surface area contributed by atoms with Gasteiger partial charge in [0.2, 0.25) is 5.92 Å². The second-order valence-corrected chi connectivity index (χ2v) is 4.81. The smallest absolute Gasteiger partial charge is 0.248 e. The quantitative estimate of drug-likeness (QED) is 0.841. The molecule has 100 valence electrons. The van der Waals surface area contributed by atoms with Crippen LogP contribution >= 0.6 is 0 Å². The fraction of sp³-hybridized carbons (Fsp3) is 0.538. The van der Waals surface area contributed by atoms with Gasteiger partial charge in [0.25, 0.3) is 0 Å². The third-order valence-electron chi connectivity index (χ3n) is 3.19. The molecule has 1 saturated carbocycles. The van der Waals surface area contributed by atoms with Crippen molar-refractivity contribution < 1.29 is 17.9 Å². The zero-order valence-electron chi connectivity index (χ0n) is 9.96. The van der Waals surface area contributed by atoms with Gasteiger partial charge in [-0.2, -0.15) is 0 Å². The number of benzene rings is 1. The summed E-state index contributed by atoms with van der Waals surface area (Å²) in [5, 5.41) is 0. The first kappa shape index (κ1) is 13.1. The summed E-state index contributed by atoms with van der Waals surface area (Å²) in [6.45, 7) is 0.156. The van der Waals surface area contributed by atoms with Gasteiger partial charge in [-0.25, -0.2) is 13.2 Å². The first-order valence-corrected chi connectivity index (χ1v) is 6.02. The molecular weight excluding hydrogens is 243 g/mol. The van der Waals surface area contributed by atoms with Crippen molar-refractivity contribution in [3.05, 3.63) is 24.0 Å². The van der Waals surface area contributed by atoms with E-state index in [1.807, 2.05) is 0 Å². The van der Waals surface area contributed by atoms with E-state index < -0.39 is 11.7 Å². The molecule has 1 fully saturated rings. The third-order valence-corrected chi connectivity index (χ3v) is 3.19. The highest BCUT2D eigenvalue weighted by Crippen LogP contribution is 2.37. The SMILES string of the molecule is Nc1ccc(F)cc1OCC1CCCC(F)(F)C1. The maximum absolute atomic E-state index is 13.2. The number of nitrogen functional groups attached to an aromatic ring is 1. The molecule has 1 aliphatic rings. The maximum atomic E-state index is 13.2. The zero-order valence-corrected chi connectivity index (χ0v) is 9.96. The number of ether oxygens (including phenoxy) is 1. The fourth-order valence-corrected chi connectivity index (χ4v) is 2.26. The molecule has 18 heavy (non-hydrogen) atoms. The summed E-state index contributed by atoms with van der Waals surface area (Å²) < 4.78 is 44.7. The van der Waals surface area contributed by atoms with E-state index in [2.05, 4.69) is 0 Å². The van der Waals surface area contributed by atoms with Gasteiger partial charge in [-0.1, -0.05) is 0 Å². The molecule has 1 aromatic carbocycles. The molecule has 0 heterocycles. The molecule has 0 bridgehead atoms. The van der Waals surface area contributed by atoms with Gasteiger partial charge in [-0.3, -0.25) is 0 Å². The molecule has 2 nitrogen and oxygen atoms in total. The Morgan fingerprint density at radius 1 is 1.39 bits per heavy atom. The molecule has 0 aromatic heterocycles.